The molecule has 13 heteroatoms. The number of aliphatic carboxylic acids is 5. The van der Waals surface area contributed by atoms with Gasteiger partial charge in [-0.05, 0) is 24.5 Å². The van der Waals surface area contributed by atoms with Gasteiger partial charge in [0.2, 0.25) is 0 Å². The van der Waals surface area contributed by atoms with E-state index in [1.807, 2.05) is 24.4 Å². The zero-order chi connectivity index (χ0) is 26.4. The number of aryl methyl sites for hydroxylation is 1. The number of carboxylic acid groups (broad SMARTS) is 5. The third-order valence-electron chi connectivity index (χ3n) is 4.68. The van der Waals surface area contributed by atoms with Crippen LogP contribution in [0.25, 0.3) is 10.9 Å². The topological polar surface area (TPSA) is 209 Å². The van der Waals surface area contributed by atoms with Crippen LogP contribution in [-0.4, -0.2) is 109 Å². The molecule has 0 bridgehead atoms. The van der Waals surface area contributed by atoms with Crippen LogP contribution in [-0.2, 0) is 30.4 Å². The van der Waals surface area contributed by atoms with Crippen molar-refractivity contribution < 1.29 is 49.5 Å². The Labute approximate surface area is 200 Å². The predicted molar refractivity (Wildman–Crippen MR) is 122 cm³/mol. The third-order valence-corrected chi connectivity index (χ3v) is 4.68. The maximum atomic E-state index is 10.6. The lowest BCUT2D eigenvalue weighted by Crippen LogP contribution is -2.43. The molecule has 13 nitrogen and oxygen atoms in total. The van der Waals surface area contributed by atoms with Gasteiger partial charge in [-0.1, -0.05) is 18.2 Å². The van der Waals surface area contributed by atoms with Gasteiger partial charge in [-0.15, -0.1) is 0 Å². The van der Waals surface area contributed by atoms with E-state index in [4.69, 9.17) is 25.5 Å². The predicted octanol–water partition coefficient (Wildman–Crippen LogP) is 0.504. The fourth-order valence-electron chi connectivity index (χ4n) is 3.24. The number of carbonyl (C=O) groups is 5. The van der Waals surface area contributed by atoms with E-state index < -0.39 is 56.0 Å². The first-order valence-corrected chi connectivity index (χ1v) is 10.6. The Morgan fingerprint density at radius 3 is 1.57 bits per heavy atom. The minimum Gasteiger partial charge on any atom is -0.481 e. The molecule has 6 N–H and O–H groups in total. The fraction of sp³-hybridized carbons (Fsp3) is 0.409. The van der Waals surface area contributed by atoms with E-state index in [2.05, 4.69) is 11.1 Å². The maximum Gasteiger partial charge on any atom is 0.317 e. The van der Waals surface area contributed by atoms with E-state index in [9.17, 15) is 24.0 Å². The van der Waals surface area contributed by atoms with Gasteiger partial charge < -0.3 is 30.5 Å². The largest absolute Gasteiger partial charge is 0.481 e. The van der Waals surface area contributed by atoms with Gasteiger partial charge in [0.1, 0.15) is 0 Å². The van der Waals surface area contributed by atoms with Crippen LogP contribution < -0.4 is 0 Å². The van der Waals surface area contributed by atoms with Crippen molar-refractivity contribution in [3.8, 4) is 0 Å². The number of nitrogens with one attached hydrogen (secondary N) is 1. The first kappa shape index (κ1) is 29.1. The molecule has 0 saturated heterocycles. The van der Waals surface area contributed by atoms with Crippen molar-refractivity contribution in [2.45, 2.75) is 19.3 Å². The number of H-pyrrole nitrogens is 1. The van der Waals surface area contributed by atoms with Crippen molar-refractivity contribution in [2.24, 2.45) is 0 Å². The Morgan fingerprint density at radius 1 is 0.686 bits per heavy atom. The van der Waals surface area contributed by atoms with E-state index in [0.29, 0.717) is 6.42 Å². The Balaban J connectivity index is 0.000000362. The molecule has 192 valence electrons. The molecule has 2 rings (SSSR count). The second kappa shape index (κ2) is 15.0. The molecule has 1 heterocycles. The van der Waals surface area contributed by atoms with Crippen molar-refractivity contribution in [1.82, 2.24) is 14.8 Å². The van der Waals surface area contributed by atoms with Crippen molar-refractivity contribution >= 4 is 40.7 Å². The highest BCUT2D eigenvalue weighted by Crippen LogP contribution is 2.19. The van der Waals surface area contributed by atoms with Crippen LogP contribution in [0.5, 0.6) is 0 Å². The number of benzene rings is 1. The lowest BCUT2D eigenvalue weighted by atomic mass is 10.1. The minimum absolute atomic E-state index is 0.0703. The molecule has 0 radical (unpaired) electrons. The zero-order valence-electron chi connectivity index (χ0n) is 18.9. The number of carboxylic acids is 5. The molecule has 0 aliphatic heterocycles. The molecule has 0 saturated carbocycles. The summed E-state index contributed by atoms with van der Waals surface area (Å²) in [5.41, 5.74) is 2.31. The van der Waals surface area contributed by atoms with Gasteiger partial charge in [0.05, 0.1) is 26.2 Å². The molecule has 0 fully saturated rings. The summed E-state index contributed by atoms with van der Waals surface area (Å²) in [4.78, 5) is 57.9. The average molecular weight is 495 g/mol. The van der Waals surface area contributed by atoms with Crippen LogP contribution in [0, 0.1) is 0 Å². The maximum absolute atomic E-state index is 10.6. The summed E-state index contributed by atoms with van der Waals surface area (Å²) in [6, 6.07) is 8.06. The van der Waals surface area contributed by atoms with Crippen LogP contribution in [0.1, 0.15) is 18.4 Å². The van der Waals surface area contributed by atoms with Gasteiger partial charge in [0.15, 0.2) is 0 Å². The van der Waals surface area contributed by atoms with Gasteiger partial charge >= 0.3 is 29.8 Å². The molecule has 0 amide bonds. The second-order valence-corrected chi connectivity index (χ2v) is 7.60. The number of para-hydroxylation sites is 1. The molecule has 1 aromatic carbocycles. The number of aromatic amines is 1. The lowest BCUT2D eigenvalue weighted by Gasteiger charge is -2.23. The van der Waals surface area contributed by atoms with Crippen molar-refractivity contribution in [3.63, 3.8) is 0 Å². The van der Waals surface area contributed by atoms with Crippen LogP contribution in [0.4, 0.5) is 0 Å². The number of nitrogens with zero attached hydrogens (tertiary/aromatic N) is 2. The minimum atomic E-state index is -1.23. The Bertz CT molecular complexity index is 952. The Kier molecular flexibility index (Phi) is 12.5. The first-order chi connectivity index (χ1) is 16.5. The van der Waals surface area contributed by atoms with Gasteiger partial charge in [-0.2, -0.15) is 0 Å². The molecule has 0 unspecified atom stereocenters. The molecule has 35 heavy (non-hydrogen) atoms. The standard InChI is InChI=1S/C12H13NO2.C10H16N2O8/c14-12(15)7-3-4-9-8-13-11-6-2-1-5-10(9)11;13-7(14)3-11(4-8(15)16)1-2-12(5-9(17)18)6-10(19)20/h1-2,5-6,8,13H,3-4,7H2,(H,14,15);1-6H2,(H,13,14)(H,15,16)(H,17,18)(H,19,20). The average Bonchev–Trinajstić information content (AvgIpc) is 3.14. The van der Waals surface area contributed by atoms with E-state index in [1.54, 1.807) is 0 Å². The highest BCUT2D eigenvalue weighted by Gasteiger charge is 2.18. The normalized spacial score (nSPS) is 10.7. The van der Waals surface area contributed by atoms with Crippen LogP contribution >= 0.6 is 0 Å². The summed E-state index contributed by atoms with van der Waals surface area (Å²) in [6.07, 6.45) is 3.71. The summed E-state index contributed by atoms with van der Waals surface area (Å²) in [7, 11) is 0. The van der Waals surface area contributed by atoms with E-state index in [1.165, 1.54) is 10.9 Å². The van der Waals surface area contributed by atoms with Gasteiger partial charge in [0, 0.05) is 36.6 Å². The van der Waals surface area contributed by atoms with Crippen LogP contribution in [0.3, 0.4) is 0 Å². The summed E-state index contributed by atoms with van der Waals surface area (Å²) in [5.74, 6) is -5.64. The van der Waals surface area contributed by atoms with E-state index in [-0.39, 0.29) is 19.5 Å². The number of fused-ring (bicyclic) bond motifs is 1. The summed E-state index contributed by atoms with van der Waals surface area (Å²) >= 11 is 0. The molecule has 2 aromatic rings. The highest BCUT2D eigenvalue weighted by molar-refractivity contribution is 5.83. The number of hydrogen-bond acceptors (Lipinski definition) is 7. The molecule has 0 spiro atoms. The summed E-state index contributed by atoms with van der Waals surface area (Å²) < 4.78 is 0. The first-order valence-electron chi connectivity index (χ1n) is 10.6. The lowest BCUT2D eigenvalue weighted by molar-refractivity contribution is -0.145. The molecular weight excluding hydrogens is 466 g/mol. The number of hydrogen-bond donors (Lipinski definition) is 6. The molecule has 0 aliphatic rings. The highest BCUT2D eigenvalue weighted by atomic mass is 16.4. The molecular formula is C22H29N3O10. The van der Waals surface area contributed by atoms with Crippen molar-refractivity contribution in [3.05, 3.63) is 36.0 Å². The Morgan fingerprint density at radius 2 is 1.14 bits per heavy atom. The molecule has 0 aliphatic carbocycles. The zero-order valence-corrected chi connectivity index (χ0v) is 18.9. The van der Waals surface area contributed by atoms with Crippen molar-refractivity contribution in [1.29, 1.82) is 0 Å². The quantitative estimate of drug-likeness (QED) is 0.200. The van der Waals surface area contributed by atoms with Crippen molar-refractivity contribution in [2.75, 3.05) is 39.3 Å². The summed E-state index contributed by atoms with van der Waals surface area (Å²) in [6.45, 7) is -2.25. The molecule has 1 aromatic heterocycles. The smallest absolute Gasteiger partial charge is 0.317 e. The third kappa shape index (κ3) is 12.7. The SMILES string of the molecule is O=C(O)CCCc1c[nH]c2ccccc12.O=C(O)CN(CCN(CC(=O)O)CC(=O)O)CC(=O)O. The Hall–Kier alpha value is -3.97. The fourth-order valence-corrected chi connectivity index (χ4v) is 3.24. The number of aromatic nitrogens is 1. The monoisotopic (exact) mass is 495 g/mol. The number of rotatable bonds is 15. The van der Waals surface area contributed by atoms with Crippen LogP contribution in [0.2, 0.25) is 0 Å². The van der Waals surface area contributed by atoms with Crippen LogP contribution in [0.15, 0.2) is 30.5 Å². The van der Waals surface area contributed by atoms with E-state index in [0.717, 1.165) is 21.7 Å². The van der Waals surface area contributed by atoms with E-state index >= 15 is 0 Å². The molecule has 0 atom stereocenters. The van der Waals surface area contributed by atoms with Gasteiger partial charge in [-0.25, -0.2) is 0 Å². The van der Waals surface area contributed by atoms with Gasteiger partial charge in [0.25, 0.3) is 0 Å². The van der Waals surface area contributed by atoms with Gasteiger partial charge in [-0.3, -0.25) is 33.8 Å². The second-order valence-electron chi connectivity index (χ2n) is 7.60. The summed E-state index contributed by atoms with van der Waals surface area (Å²) in [5, 5.41) is 44.2.